The van der Waals surface area contributed by atoms with Gasteiger partial charge in [-0.25, -0.2) is 13.1 Å². The number of benzene rings is 2. The van der Waals surface area contributed by atoms with Crippen LogP contribution in [0.3, 0.4) is 0 Å². The van der Waals surface area contributed by atoms with Gasteiger partial charge < -0.3 is 4.74 Å². The summed E-state index contributed by atoms with van der Waals surface area (Å²) in [7, 11) is -2.17. The van der Waals surface area contributed by atoms with Crippen LogP contribution >= 0.6 is 0 Å². The molecule has 2 aromatic rings. The molecule has 2 aromatic carbocycles. The Balaban J connectivity index is 1.96. The number of methoxy groups -OCH3 is 1. The molecule has 0 heterocycles. The van der Waals surface area contributed by atoms with E-state index in [1.54, 1.807) is 6.07 Å². The van der Waals surface area contributed by atoms with Gasteiger partial charge in [0.05, 0.1) is 7.11 Å². The van der Waals surface area contributed by atoms with E-state index in [1.165, 1.54) is 18.2 Å². The number of hydrogen-bond acceptors (Lipinski definition) is 3. The summed E-state index contributed by atoms with van der Waals surface area (Å²) >= 11 is 0. The molecule has 4 nitrogen and oxygen atoms in total. The number of aryl methyl sites for hydroxylation is 5. The topological polar surface area (TPSA) is 55.4 Å². The Hall–Kier alpha value is -1.85. The summed E-state index contributed by atoms with van der Waals surface area (Å²) in [5.74, 6) is 0.423. The molecule has 1 N–H and O–H groups in total. The smallest absolute Gasteiger partial charge is 0.244 e. The molecule has 146 valence electrons. The van der Waals surface area contributed by atoms with Crippen LogP contribution in [0.15, 0.2) is 29.2 Å². The first-order valence-electron chi connectivity index (χ1n) is 9.53. The summed E-state index contributed by atoms with van der Waals surface area (Å²) in [6.07, 6.45) is 4.15. The molecule has 0 aromatic heterocycles. The third-order valence-corrected chi connectivity index (χ3v) is 7.16. The van der Waals surface area contributed by atoms with Gasteiger partial charge in [0.2, 0.25) is 10.0 Å². The van der Waals surface area contributed by atoms with E-state index in [0.717, 1.165) is 47.9 Å². The lowest BCUT2D eigenvalue weighted by Gasteiger charge is -2.22. The van der Waals surface area contributed by atoms with Gasteiger partial charge in [-0.2, -0.15) is 0 Å². The predicted octanol–water partition coefficient (Wildman–Crippen LogP) is 4.54. The van der Waals surface area contributed by atoms with Crippen molar-refractivity contribution in [1.29, 1.82) is 0 Å². The molecule has 1 aliphatic rings. The van der Waals surface area contributed by atoms with Gasteiger partial charge >= 0.3 is 0 Å². The third kappa shape index (κ3) is 4.04. The Morgan fingerprint density at radius 1 is 0.926 bits per heavy atom. The minimum Gasteiger partial charge on any atom is -0.495 e. The largest absolute Gasteiger partial charge is 0.495 e. The lowest BCUT2D eigenvalue weighted by Crippen LogP contribution is -2.28. The molecule has 0 spiro atoms. The molecule has 0 aliphatic heterocycles. The zero-order valence-electron chi connectivity index (χ0n) is 16.8. The number of hydrogen-bond donors (Lipinski definition) is 1. The Morgan fingerprint density at radius 2 is 1.52 bits per heavy atom. The summed E-state index contributed by atoms with van der Waals surface area (Å²) in [5.41, 5.74) is 6.78. The van der Waals surface area contributed by atoms with Gasteiger partial charge in [0.1, 0.15) is 10.6 Å². The van der Waals surface area contributed by atoms with E-state index in [4.69, 9.17) is 4.74 Å². The van der Waals surface area contributed by atoms with E-state index in [9.17, 15) is 8.42 Å². The second kappa shape index (κ2) is 7.64. The van der Waals surface area contributed by atoms with Crippen molar-refractivity contribution in [3.05, 3.63) is 57.6 Å². The van der Waals surface area contributed by atoms with Gasteiger partial charge in [0, 0.05) is 6.04 Å². The summed E-state index contributed by atoms with van der Waals surface area (Å²) in [6, 6.07) is 7.55. The minimum absolute atomic E-state index is 0.235. The molecule has 3 rings (SSSR count). The predicted molar refractivity (Wildman–Crippen MR) is 109 cm³/mol. The van der Waals surface area contributed by atoms with Gasteiger partial charge in [-0.15, -0.1) is 0 Å². The Bertz CT molecular complexity index is 964. The molecule has 0 bridgehead atoms. The summed E-state index contributed by atoms with van der Waals surface area (Å²) in [6.45, 7) is 8.02. The van der Waals surface area contributed by atoms with Crippen LogP contribution in [0, 0.1) is 20.8 Å². The maximum atomic E-state index is 13.2. The fourth-order valence-corrected chi connectivity index (χ4v) is 5.34. The number of nitrogens with one attached hydrogen (secondary N) is 1. The van der Waals surface area contributed by atoms with Crippen molar-refractivity contribution in [3.63, 3.8) is 0 Å². The highest BCUT2D eigenvalue weighted by molar-refractivity contribution is 7.89. The van der Waals surface area contributed by atoms with E-state index in [1.807, 2.05) is 26.8 Å². The van der Waals surface area contributed by atoms with E-state index in [2.05, 4.69) is 23.8 Å². The SMILES string of the molecule is COc1cc2c(cc1S(=O)(=O)N[C@@H](C)c1cc(C)c(C)cc1C)CCCC2. The van der Waals surface area contributed by atoms with Crippen molar-refractivity contribution in [2.75, 3.05) is 7.11 Å². The molecule has 0 amide bonds. The normalized spacial score (nSPS) is 15.3. The summed E-state index contributed by atoms with van der Waals surface area (Å²) in [5, 5.41) is 0. The Morgan fingerprint density at radius 3 is 2.15 bits per heavy atom. The zero-order chi connectivity index (χ0) is 19.8. The zero-order valence-corrected chi connectivity index (χ0v) is 17.7. The van der Waals surface area contributed by atoms with Gasteiger partial charge in [-0.05, 0) is 98.9 Å². The molecular formula is C22H29NO3S. The first-order valence-corrected chi connectivity index (χ1v) is 11.0. The van der Waals surface area contributed by atoms with Crippen molar-refractivity contribution in [1.82, 2.24) is 4.72 Å². The van der Waals surface area contributed by atoms with E-state index >= 15 is 0 Å². The van der Waals surface area contributed by atoms with Gasteiger partial charge in [-0.3, -0.25) is 0 Å². The number of rotatable bonds is 5. The molecule has 5 heteroatoms. The van der Waals surface area contributed by atoms with Crippen molar-refractivity contribution >= 4 is 10.0 Å². The molecular weight excluding hydrogens is 358 g/mol. The first kappa shape index (κ1) is 19.9. The average molecular weight is 388 g/mol. The lowest BCUT2D eigenvalue weighted by molar-refractivity contribution is 0.400. The van der Waals surface area contributed by atoms with Gasteiger partial charge in [0.25, 0.3) is 0 Å². The molecule has 27 heavy (non-hydrogen) atoms. The average Bonchev–Trinajstić information content (AvgIpc) is 2.63. The van der Waals surface area contributed by atoms with Gasteiger partial charge in [0.15, 0.2) is 0 Å². The quantitative estimate of drug-likeness (QED) is 0.819. The highest BCUT2D eigenvalue weighted by Gasteiger charge is 2.25. The molecule has 1 atom stereocenters. The standard InChI is InChI=1S/C22H29NO3S/c1-14-10-16(3)20(11-15(14)2)17(4)23-27(24,25)22-13-19-9-7-6-8-18(19)12-21(22)26-5/h10-13,17,23H,6-9H2,1-5H3/t17-/m0/s1. The number of sulfonamides is 1. The van der Waals surface area contributed by atoms with Crippen LogP contribution < -0.4 is 9.46 Å². The molecule has 0 fully saturated rings. The summed E-state index contributed by atoms with van der Waals surface area (Å²) in [4.78, 5) is 0.235. The number of fused-ring (bicyclic) bond motifs is 1. The highest BCUT2D eigenvalue weighted by atomic mass is 32.2. The lowest BCUT2D eigenvalue weighted by atomic mass is 9.92. The van der Waals surface area contributed by atoms with E-state index in [-0.39, 0.29) is 10.9 Å². The van der Waals surface area contributed by atoms with Crippen molar-refractivity contribution in [2.45, 2.75) is 64.3 Å². The molecule has 0 unspecified atom stereocenters. The maximum absolute atomic E-state index is 13.2. The van der Waals surface area contributed by atoms with Crippen LogP contribution in [0.1, 0.15) is 59.2 Å². The van der Waals surface area contributed by atoms with Crippen molar-refractivity contribution in [2.24, 2.45) is 0 Å². The van der Waals surface area contributed by atoms with Crippen molar-refractivity contribution < 1.29 is 13.2 Å². The summed E-state index contributed by atoms with van der Waals surface area (Å²) < 4.78 is 34.6. The molecule has 0 radical (unpaired) electrons. The van der Waals surface area contributed by atoms with Crippen molar-refractivity contribution in [3.8, 4) is 5.75 Å². The highest BCUT2D eigenvalue weighted by Crippen LogP contribution is 2.33. The third-order valence-electron chi connectivity index (χ3n) is 5.60. The Kier molecular flexibility index (Phi) is 5.63. The number of ether oxygens (including phenoxy) is 1. The fraction of sp³-hybridized carbons (Fsp3) is 0.455. The molecule has 0 saturated carbocycles. The van der Waals surface area contributed by atoms with Crippen LogP contribution in [0.25, 0.3) is 0 Å². The van der Waals surface area contributed by atoms with E-state index in [0.29, 0.717) is 5.75 Å². The second-order valence-electron chi connectivity index (χ2n) is 7.61. The molecule has 1 aliphatic carbocycles. The van der Waals surface area contributed by atoms with Crippen LogP contribution in [0.5, 0.6) is 5.75 Å². The van der Waals surface area contributed by atoms with Crippen LogP contribution in [0.4, 0.5) is 0 Å². The first-order chi connectivity index (χ1) is 12.7. The minimum atomic E-state index is -3.70. The maximum Gasteiger partial charge on any atom is 0.244 e. The van der Waals surface area contributed by atoms with Crippen LogP contribution in [-0.2, 0) is 22.9 Å². The van der Waals surface area contributed by atoms with Gasteiger partial charge in [-0.1, -0.05) is 12.1 Å². The Labute approximate surface area is 163 Å². The fourth-order valence-electron chi connectivity index (χ4n) is 3.92. The monoisotopic (exact) mass is 387 g/mol. The second-order valence-corrected chi connectivity index (χ2v) is 9.30. The van der Waals surface area contributed by atoms with Crippen LogP contribution in [0.2, 0.25) is 0 Å². The van der Waals surface area contributed by atoms with Crippen LogP contribution in [-0.4, -0.2) is 15.5 Å². The van der Waals surface area contributed by atoms with E-state index < -0.39 is 10.0 Å². The molecule has 0 saturated heterocycles.